The van der Waals surface area contributed by atoms with Crippen LogP contribution in [-0.2, 0) is 14.0 Å². The molecule has 1 aromatic rings. The maximum absolute atomic E-state index is 6.06. The molecule has 0 aromatic heterocycles. The molecule has 2 heterocycles. The van der Waals surface area contributed by atoms with E-state index < -0.39 is 0 Å². The van der Waals surface area contributed by atoms with Gasteiger partial charge in [0.25, 0.3) is 0 Å². The summed E-state index contributed by atoms with van der Waals surface area (Å²) < 4.78 is 23.3. The first-order valence-electron chi connectivity index (χ1n) is 8.12. The van der Waals surface area contributed by atoms with Gasteiger partial charge >= 0.3 is 7.12 Å². The zero-order valence-electron chi connectivity index (χ0n) is 14.6. The van der Waals surface area contributed by atoms with Gasteiger partial charge in [-0.25, -0.2) is 0 Å². The van der Waals surface area contributed by atoms with Gasteiger partial charge in [-0.05, 0) is 52.3 Å². The molecule has 0 spiro atoms. The van der Waals surface area contributed by atoms with Crippen LogP contribution in [0, 0.1) is 0 Å². The number of hydrogen-bond acceptors (Lipinski definition) is 5. The average molecular weight is 319 g/mol. The lowest BCUT2D eigenvalue weighted by atomic mass is 9.79. The van der Waals surface area contributed by atoms with Crippen LogP contribution in [0.2, 0.25) is 0 Å². The second-order valence-electron chi connectivity index (χ2n) is 7.47. The Morgan fingerprint density at radius 1 is 1.04 bits per heavy atom. The van der Waals surface area contributed by atoms with Crippen LogP contribution in [0.4, 0.5) is 0 Å². The molecule has 2 saturated heterocycles. The fourth-order valence-electron chi connectivity index (χ4n) is 2.57. The predicted octanol–water partition coefficient (Wildman–Crippen LogP) is 1.35. The fourth-order valence-corrected chi connectivity index (χ4v) is 2.57. The van der Waals surface area contributed by atoms with E-state index in [1.165, 1.54) is 0 Å². The van der Waals surface area contributed by atoms with E-state index in [-0.39, 0.29) is 23.9 Å². The highest BCUT2D eigenvalue weighted by Gasteiger charge is 2.51. The molecule has 126 valence electrons. The highest BCUT2D eigenvalue weighted by Crippen LogP contribution is 2.36. The first kappa shape index (κ1) is 16.8. The fraction of sp³-hybridized carbons (Fsp3) is 0.647. The predicted molar refractivity (Wildman–Crippen MR) is 90.3 cm³/mol. The van der Waals surface area contributed by atoms with Crippen molar-refractivity contribution in [3.05, 3.63) is 24.3 Å². The van der Waals surface area contributed by atoms with Gasteiger partial charge in [0.1, 0.15) is 12.4 Å². The number of hydrogen-bond donors (Lipinski definition) is 1. The summed E-state index contributed by atoms with van der Waals surface area (Å²) in [4.78, 5) is 0. The SMILES string of the molecule is CNC1(COc2ccc(B3OC(C)(C)C(C)(C)O3)cc2)COC1. The van der Waals surface area contributed by atoms with Gasteiger partial charge in [0, 0.05) is 0 Å². The molecule has 0 aliphatic carbocycles. The lowest BCUT2D eigenvalue weighted by molar-refractivity contribution is -0.0891. The van der Waals surface area contributed by atoms with Crippen molar-refractivity contribution in [2.24, 2.45) is 0 Å². The standard InChI is InChI=1S/C17H26BNO4/c1-15(2)16(3,4)23-18(22-15)13-6-8-14(9-7-13)21-12-17(19-5)10-20-11-17/h6-9,19H,10-12H2,1-5H3. The molecule has 0 unspecified atom stereocenters. The second-order valence-corrected chi connectivity index (χ2v) is 7.47. The summed E-state index contributed by atoms with van der Waals surface area (Å²) in [6.45, 7) is 10.2. The van der Waals surface area contributed by atoms with Gasteiger partial charge in [0.05, 0.1) is 30.0 Å². The van der Waals surface area contributed by atoms with E-state index in [2.05, 4.69) is 33.0 Å². The zero-order chi connectivity index (χ0) is 16.7. The van der Waals surface area contributed by atoms with E-state index in [9.17, 15) is 0 Å². The van der Waals surface area contributed by atoms with E-state index in [4.69, 9.17) is 18.8 Å². The van der Waals surface area contributed by atoms with Crippen molar-refractivity contribution in [2.75, 3.05) is 26.9 Å². The van der Waals surface area contributed by atoms with Crippen LogP contribution in [-0.4, -0.2) is 50.7 Å². The molecule has 3 rings (SSSR count). The maximum atomic E-state index is 6.06. The zero-order valence-corrected chi connectivity index (χ0v) is 14.6. The molecule has 2 aliphatic heterocycles. The van der Waals surface area contributed by atoms with Crippen molar-refractivity contribution >= 4 is 12.6 Å². The van der Waals surface area contributed by atoms with Crippen molar-refractivity contribution in [3.8, 4) is 5.75 Å². The van der Waals surface area contributed by atoms with Gasteiger partial charge in [-0.2, -0.15) is 0 Å². The molecule has 1 aromatic carbocycles. The number of ether oxygens (including phenoxy) is 2. The van der Waals surface area contributed by atoms with Crippen LogP contribution in [0.3, 0.4) is 0 Å². The Balaban J connectivity index is 1.62. The van der Waals surface area contributed by atoms with Gasteiger partial charge in [-0.3, -0.25) is 0 Å². The van der Waals surface area contributed by atoms with Crippen LogP contribution in [0.25, 0.3) is 0 Å². The van der Waals surface area contributed by atoms with Crippen LogP contribution in [0.15, 0.2) is 24.3 Å². The largest absolute Gasteiger partial charge is 0.494 e. The number of likely N-dealkylation sites (N-methyl/N-ethyl adjacent to an activating group) is 1. The summed E-state index contributed by atoms with van der Waals surface area (Å²) in [5, 5.41) is 3.27. The van der Waals surface area contributed by atoms with Crippen molar-refractivity contribution < 1.29 is 18.8 Å². The minimum atomic E-state index is -0.335. The first-order chi connectivity index (χ1) is 10.8. The summed E-state index contributed by atoms with van der Waals surface area (Å²) in [5.41, 5.74) is 0.308. The van der Waals surface area contributed by atoms with Crippen molar-refractivity contribution in [2.45, 2.75) is 44.4 Å². The van der Waals surface area contributed by atoms with Crippen molar-refractivity contribution in [1.82, 2.24) is 5.32 Å². The summed E-state index contributed by atoms with van der Waals surface area (Å²) in [7, 11) is 1.60. The Kier molecular flexibility index (Phi) is 4.21. The Hall–Kier alpha value is -1.08. The van der Waals surface area contributed by atoms with Crippen molar-refractivity contribution in [1.29, 1.82) is 0 Å². The van der Waals surface area contributed by atoms with Gasteiger partial charge in [-0.1, -0.05) is 12.1 Å². The topological polar surface area (TPSA) is 49.0 Å². The summed E-state index contributed by atoms with van der Waals surface area (Å²) >= 11 is 0. The molecule has 0 amide bonds. The van der Waals surface area contributed by atoms with Gasteiger partial charge in [-0.15, -0.1) is 0 Å². The minimum Gasteiger partial charge on any atom is -0.491 e. The van der Waals surface area contributed by atoms with Gasteiger partial charge in [0.15, 0.2) is 0 Å². The molecule has 6 heteroatoms. The molecular formula is C17H26BNO4. The third-order valence-corrected chi connectivity index (χ3v) is 5.21. The van der Waals surface area contributed by atoms with Crippen LogP contribution < -0.4 is 15.5 Å². The molecule has 1 N–H and O–H groups in total. The quantitative estimate of drug-likeness (QED) is 0.831. The van der Waals surface area contributed by atoms with E-state index in [0.29, 0.717) is 19.8 Å². The average Bonchev–Trinajstić information content (AvgIpc) is 2.67. The normalized spacial score (nSPS) is 24.3. The molecule has 2 fully saturated rings. The molecule has 2 aliphatic rings. The third kappa shape index (κ3) is 3.13. The molecule has 23 heavy (non-hydrogen) atoms. The van der Waals surface area contributed by atoms with E-state index >= 15 is 0 Å². The second kappa shape index (κ2) is 5.78. The first-order valence-corrected chi connectivity index (χ1v) is 8.12. The molecule has 0 radical (unpaired) electrons. The Labute approximate surface area is 138 Å². The van der Waals surface area contributed by atoms with Crippen LogP contribution >= 0.6 is 0 Å². The number of nitrogens with one attached hydrogen (secondary N) is 1. The summed E-state index contributed by atoms with van der Waals surface area (Å²) in [5.74, 6) is 0.840. The highest BCUT2D eigenvalue weighted by atomic mass is 16.7. The monoisotopic (exact) mass is 319 g/mol. The molecule has 0 bridgehead atoms. The summed E-state index contributed by atoms with van der Waals surface area (Å²) in [6, 6.07) is 7.92. The Bertz CT molecular complexity index is 533. The maximum Gasteiger partial charge on any atom is 0.494 e. The minimum absolute atomic E-state index is 0.0512. The number of benzene rings is 1. The lowest BCUT2D eigenvalue weighted by Crippen LogP contribution is -2.62. The highest BCUT2D eigenvalue weighted by molar-refractivity contribution is 6.62. The molecule has 0 saturated carbocycles. The van der Waals surface area contributed by atoms with E-state index in [1.807, 2.05) is 31.3 Å². The summed E-state index contributed by atoms with van der Waals surface area (Å²) in [6.07, 6.45) is 0. The van der Waals surface area contributed by atoms with Crippen LogP contribution in [0.1, 0.15) is 27.7 Å². The molecule has 0 atom stereocenters. The smallest absolute Gasteiger partial charge is 0.491 e. The molecule has 5 nitrogen and oxygen atoms in total. The number of rotatable bonds is 5. The lowest BCUT2D eigenvalue weighted by Gasteiger charge is -2.40. The molecular weight excluding hydrogens is 293 g/mol. The van der Waals surface area contributed by atoms with E-state index in [1.54, 1.807) is 0 Å². The Morgan fingerprint density at radius 2 is 1.61 bits per heavy atom. The van der Waals surface area contributed by atoms with Crippen molar-refractivity contribution in [3.63, 3.8) is 0 Å². The van der Waals surface area contributed by atoms with Crippen LogP contribution in [0.5, 0.6) is 5.75 Å². The van der Waals surface area contributed by atoms with E-state index in [0.717, 1.165) is 11.2 Å². The Morgan fingerprint density at radius 3 is 2.04 bits per heavy atom. The van der Waals surface area contributed by atoms with Gasteiger partial charge in [0.2, 0.25) is 0 Å². The third-order valence-electron chi connectivity index (χ3n) is 5.21. The van der Waals surface area contributed by atoms with Gasteiger partial charge < -0.3 is 24.1 Å².